The van der Waals surface area contributed by atoms with Crippen molar-refractivity contribution in [2.75, 3.05) is 6.26 Å². The summed E-state index contributed by atoms with van der Waals surface area (Å²) in [6, 6.07) is 5.68. The molecule has 0 radical (unpaired) electrons. The number of ether oxygens (including phenoxy) is 1. The smallest absolute Gasteiger partial charge is 0.253 e. The van der Waals surface area contributed by atoms with Crippen LogP contribution in [0.25, 0.3) is 11.1 Å². The number of aryl methyl sites for hydroxylation is 3. The van der Waals surface area contributed by atoms with Crippen LogP contribution in [0.15, 0.2) is 29.2 Å². The average Bonchev–Trinajstić information content (AvgIpc) is 2.56. The molecule has 1 aliphatic heterocycles. The van der Waals surface area contributed by atoms with Crippen LogP contribution < -0.4 is 10.3 Å². The molecule has 1 atom stereocenters. The number of sulfone groups is 1. The number of benzene rings is 1. The summed E-state index contributed by atoms with van der Waals surface area (Å²) in [5, 5.41) is 0. The summed E-state index contributed by atoms with van der Waals surface area (Å²) in [4.78, 5) is 12.0. The van der Waals surface area contributed by atoms with Crippen LogP contribution in [-0.2, 0) is 29.1 Å². The molecule has 0 aliphatic carbocycles. The molecule has 0 N–H and O–H groups in total. The lowest BCUT2D eigenvalue weighted by molar-refractivity contribution is 0.170. The fourth-order valence-corrected chi connectivity index (χ4v) is 4.31. The summed E-state index contributed by atoms with van der Waals surface area (Å²) in [7, 11) is -1.41. The molecule has 0 fully saturated rings. The minimum atomic E-state index is -3.14. The monoisotopic (exact) mass is 375 g/mol. The van der Waals surface area contributed by atoms with Gasteiger partial charge in [-0.25, -0.2) is 8.42 Å². The third kappa shape index (κ3) is 3.85. The second-order valence-electron chi connectivity index (χ2n) is 7.22. The molecule has 1 aromatic carbocycles. The fourth-order valence-electron chi connectivity index (χ4n) is 3.53. The largest absolute Gasteiger partial charge is 0.489 e. The van der Waals surface area contributed by atoms with Gasteiger partial charge in [0.05, 0.1) is 11.9 Å². The lowest BCUT2D eigenvalue weighted by Gasteiger charge is -2.28. The first-order valence-electron chi connectivity index (χ1n) is 8.85. The van der Waals surface area contributed by atoms with E-state index in [-0.39, 0.29) is 17.4 Å². The predicted octanol–water partition coefficient (Wildman–Crippen LogP) is 3.01. The zero-order valence-electron chi connectivity index (χ0n) is 15.7. The van der Waals surface area contributed by atoms with Crippen LogP contribution in [0.1, 0.15) is 36.5 Å². The fraction of sp³-hybridized carbons (Fsp3) is 0.450. The zero-order chi connectivity index (χ0) is 19.1. The van der Waals surface area contributed by atoms with E-state index in [4.69, 9.17) is 4.74 Å². The number of pyridine rings is 1. The van der Waals surface area contributed by atoms with Crippen molar-refractivity contribution in [2.45, 2.75) is 45.0 Å². The standard InChI is InChI=1S/C20H25NO4S/c1-5-17-7-6-15-9-14(12-26(4,23)24)10-18(19(15)25-17)16-8-13(2)20(22)21(3)11-16/h8-11,17H,5-7,12H2,1-4H3. The SMILES string of the molecule is CCC1CCc2cc(CS(C)(=O)=O)cc(-c3cc(C)c(=O)n(C)c3)c2O1. The first-order chi connectivity index (χ1) is 12.2. The predicted molar refractivity (Wildman–Crippen MR) is 103 cm³/mol. The van der Waals surface area contributed by atoms with Gasteiger partial charge in [-0.15, -0.1) is 0 Å². The van der Waals surface area contributed by atoms with Gasteiger partial charge in [0.2, 0.25) is 0 Å². The van der Waals surface area contributed by atoms with Gasteiger partial charge in [-0.3, -0.25) is 4.79 Å². The molecule has 26 heavy (non-hydrogen) atoms. The van der Waals surface area contributed by atoms with Gasteiger partial charge in [0.1, 0.15) is 5.75 Å². The van der Waals surface area contributed by atoms with Crippen molar-refractivity contribution < 1.29 is 13.2 Å². The first-order valence-corrected chi connectivity index (χ1v) is 10.9. The molecule has 0 amide bonds. The minimum absolute atomic E-state index is 0.00473. The highest BCUT2D eigenvalue weighted by atomic mass is 32.2. The van der Waals surface area contributed by atoms with Gasteiger partial charge in [-0.1, -0.05) is 13.0 Å². The molecule has 0 spiro atoms. The Labute approximate surface area is 154 Å². The summed E-state index contributed by atoms with van der Waals surface area (Å²) in [5.74, 6) is 0.813. The van der Waals surface area contributed by atoms with Gasteiger partial charge in [-0.2, -0.15) is 0 Å². The molecule has 0 bridgehead atoms. The summed E-state index contributed by atoms with van der Waals surface area (Å²) in [5.41, 5.74) is 4.13. The molecule has 5 nitrogen and oxygen atoms in total. The molecular formula is C20H25NO4S. The number of aromatic nitrogens is 1. The molecule has 1 unspecified atom stereocenters. The van der Waals surface area contributed by atoms with Crippen LogP contribution in [0.3, 0.4) is 0 Å². The van der Waals surface area contributed by atoms with Crippen molar-refractivity contribution in [2.24, 2.45) is 7.05 Å². The molecule has 1 aromatic heterocycles. The highest BCUT2D eigenvalue weighted by Gasteiger charge is 2.24. The second kappa shape index (κ2) is 6.91. The molecule has 0 saturated carbocycles. The van der Waals surface area contributed by atoms with Crippen molar-refractivity contribution in [3.63, 3.8) is 0 Å². The number of hydrogen-bond acceptors (Lipinski definition) is 4. The Bertz CT molecular complexity index is 979. The number of fused-ring (bicyclic) bond motifs is 1. The first kappa shape index (κ1) is 18.7. The molecule has 2 aromatic rings. The summed E-state index contributed by atoms with van der Waals surface area (Å²) >= 11 is 0. The van der Waals surface area contributed by atoms with Crippen LogP contribution in [0, 0.1) is 6.92 Å². The van der Waals surface area contributed by atoms with E-state index in [2.05, 4.69) is 6.92 Å². The van der Waals surface area contributed by atoms with Crippen molar-refractivity contribution in [3.05, 3.63) is 51.4 Å². The van der Waals surface area contributed by atoms with Crippen molar-refractivity contribution in [3.8, 4) is 16.9 Å². The molecule has 1 aliphatic rings. The second-order valence-corrected chi connectivity index (χ2v) is 9.36. The van der Waals surface area contributed by atoms with E-state index >= 15 is 0 Å². The highest BCUT2D eigenvalue weighted by molar-refractivity contribution is 7.89. The van der Waals surface area contributed by atoms with E-state index < -0.39 is 9.84 Å². The maximum absolute atomic E-state index is 12.0. The van der Waals surface area contributed by atoms with E-state index in [9.17, 15) is 13.2 Å². The average molecular weight is 375 g/mol. The molecule has 6 heteroatoms. The Balaban J connectivity index is 2.21. The Hall–Kier alpha value is -2.08. The van der Waals surface area contributed by atoms with Crippen LogP contribution in [0.5, 0.6) is 5.75 Å². The van der Waals surface area contributed by atoms with Crippen LogP contribution in [0.2, 0.25) is 0 Å². The van der Waals surface area contributed by atoms with E-state index in [1.54, 1.807) is 24.7 Å². The van der Waals surface area contributed by atoms with Gasteiger partial charge in [-0.05, 0) is 49.4 Å². The third-order valence-electron chi connectivity index (χ3n) is 4.80. The lowest BCUT2D eigenvalue weighted by atomic mass is 9.93. The summed E-state index contributed by atoms with van der Waals surface area (Å²) < 4.78 is 31.4. The number of rotatable bonds is 4. The molecule has 140 valence electrons. The van der Waals surface area contributed by atoms with Crippen LogP contribution in [-0.4, -0.2) is 25.3 Å². The highest BCUT2D eigenvalue weighted by Crippen LogP contribution is 2.39. The Kier molecular flexibility index (Phi) is 4.97. The van der Waals surface area contributed by atoms with E-state index in [0.29, 0.717) is 5.56 Å². The number of hydrogen-bond donors (Lipinski definition) is 0. The lowest BCUT2D eigenvalue weighted by Crippen LogP contribution is -2.23. The van der Waals surface area contributed by atoms with Crippen molar-refractivity contribution in [1.29, 1.82) is 0 Å². The molecule has 0 saturated heterocycles. The number of nitrogens with zero attached hydrogens (tertiary/aromatic N) is 1. The van der Waals surface area contributed by atoms with E-state index in [1.165, 1.54) is 6.26 Å². The Morgan fingerprint density at radius 1 is 1.27 bits per heavy atom. The minimum Gasteiger partial charge on any atom is -0.489 e. The molecule has 2 heterocycles. The summed E-state index contributed by atoms with van der Waals surface area (Å²) in [6.45, 7) is 3.89. The van der Waals surface area contributed by atoms with Gasteiger partial charge in [0.25, 0.3) is 5.56 Å². The Morgan fingerprint density at radius 2 is 2.00 bits per heavy atom. The van der Waals surface area contributed by atoms with Gasteiger partial charge >= 0.3 is 0 Å². The van der Waals surface area contributed by atoms with E-state index in [1.807, 2.05) is 18.2 Å². The van der Waals surface area contributed by atoms with Crippen LogP contribution in [0.4, 0.5) is 0 Å². The van der Waals surface area contributed by atoms with Gasteiger partial charge < -0.3 is 9.30 Å². The third-order valence-corrected chi connectivity index (χ3v) is 5.66. The molecule has 3 rings (SSSR count). The normalized spacial score (nSPS) is 16.8. The van der Waals surface area contributed by atoms with Gasteiger partial charge in [0.15, 0.2) is 9.84 Å². The molecular weight excluding hydrogens is 350 g/mol. The quantitative estimate of drug-likeness (QED) is 0.824. The maximum atomic E-state index is 12.0. The van der Waals surface area contributed by atoms with Crippen LogP contribution >= 0.6 is 0 Å². The zero-order valence-corrected chi connectivity index (χ0v) is 16.5. The van der Waals surface area contributed by atoms with E-state index in [0.717, 1.165) is 47.3 Å². The van der Waals surface area contributed by atoms with Gasteiger partial charge in [0, 0.05) is 36.2 Å². The Morgan fingerprint density at radius 3 is 2.62 bits per heavy atom. The summed E-state index contributed by atoms with van der Waals surface area (Å²) in [6.07, 6.45) is 5.91. The van der Waals surface area contributed by atoms with Crippen molar-refractivity contribution in [1.82, 2.24) is 4.57 Å². The maximum Gasteiger partial charge on any atom is 0.253 e. The topological polar surface area (TPSA) is 65.4 Å². The van der Waals surface area contributed by atoms with Crippen molar-refractivity contribution >= 4 is 9.84 Å².